The number of benzene rings is 2. The zero-order valence-corrected chi connectivity index (χ0v) is 21.2. The van der Waals surface area contributed by atoms with Crippen LogP contribution in [-0.4, -0.2) is 38.8 Å². The van der Waals surface area contributed by atoms with Crippen molar-refractivity contribution in [3.8, 4) is 6.07 Å². The topological polar surface area (TPSA) is 116 Å². The lowest BCUT2D eigenvalue weighted by Gasteiger charge is -2.32. The van der Waals surface area contributed by atoms with Crippen molar-refractivity contribution in [1.29, 1.82) is 5.26 Å². The van der Waals surface area contributed by atoms with E-state index in [0.29, 0.717) is 22.4 Å². The first-order chi connectivity index (χ1) is 17.9. The molecule has 186 valence electrons. The molecule has 5 rings (SSSR count). The number of nitrogens with one attached hydrogen (secondary N) is 1. The molecule has 2 aromatic heterocycles. The van der Waals surface area contributed by atoms with Gasteiger partial charge in [-0.1, -0.05) is 53.5 Å². The summed E-state index contributed by atoms with van der Waals surface area (Å²) in [6.07, 6.45) is 4.33. The standard InChI is InChI=1S/C27H22Cl2N6O2/c28-18-6-7-22-19(13-18)26(37)34-25(32-22)20(14-30)24(36)23-21(29)15-31-27(33-23)35-10-8-17(9-11-35)12-16-4-2-1-3-5-16/h1-7,13,15,17,20H,8-12H2,(H,32,34,37). The van der Waals surface area contributed by atoms with Crippen molar-refractivity contribution in [2.24, 2.45) is 5.92 Å². The van der Waals surface area contributed by atoms with Gasteiger partial charge in [-0.2, -0.15) is 5.26 Å². The molecule has 0 amide bonds. The van der Waals surface area contributed by atoms with Gasteiger partial charge >= 0.3 is 0 Å². The summed E-state index contributed by atoms with van der Waals surface area (Å²) in [5.41, 5.74) is 1.07. The Labute approximate surface area is 222 Å². The number of halogens is 2. The van der Waals surface area contributed by atoms with Gasteiger partial charge in [-0.05, 0) is 48.9 Å². The van der Waals surface area contributed by atoms with Crippen LogP contribution in [0.2, 0.25) is 10.0 Å². The Morgan fingerprint density at radius 2 is 1.89 bits per heavy atom. The van der Waals surface area contributed by atoms with Crippen LogP contribution in [0.25, 0.3) is 10.9 Å². The van der Waals surface area contributed by atoms with Crippen molar-refractivity contribution in [1.82, 2.24) is 19.9 Å². The van der Waals surface area contributed by atoms with Crippen LogP contribution in [0.4, 0.5) is 5.95 Å². The molecule has 0 radical (unpaired) electrons. The number of H-pyrrole nitrogens is 1. The molecule has 1 saturated heterocycles. The van der Waals surface area contributed by atoms with E-state index < -0.39 is 17.3 Å². The number of carbonyl (C=O) groups excluding carboxylic acids is 1. The van der Waals surface area contributed by atoms with Crippen LogP contribution in [-0.2, 0) is 6.42 Å². The number of fused-ring (bicyclic) bond motifs is 1. The highest BCUT2D eigenvalue weighted by Crippen LogP contribution is 2.27. The summed E-state index contributed by atoms with van der Waals surface area (Å²) in [6.45, 7) is 1.49. The van der Waals surface area contributed by atoms with E-state index in [4.69, 9.17) is 23.2 Å². The third-order valence-corrected chi connectivity index (χ3v) is 7.09. The number of anilines is 1. The van der Waals surface area contributed by atoms with E-state index >= 15 is 0 Å². The molecule has 0 aliphatic carbocycles. The van der Waals surface area contributed by atoms with E-state index in [2.05, 4.69) is 44.2 Å². The highest BCUT2D eigenvalue weighted by Gasteiger charge is 2.30. The molecular weight excluding hydrogens is 511 g/mol. The number of hydrogen-bond donors (Lipinski definition) is 1. The lowest BCUT2D eigenvalue weighted by molar-refractivity contribution is 0.0971. The van der Waals surface area contributed by atoms with Gasteiger partial charge in [0.2, 0.25) is 11.7 Å². The summed E-state index contributed by atoms with van der Waals surface area (Å²) in [6, 6.07) is 17.0. The number of Topliss-reactive ketones (excluding diaryl/α,β-unsaturated/α-hetero) is 1. The summed E-state index contributed by atoms with van der Waals surface area (Å²) in [4.78, 5) is 43.6. The number of rotatable bonds is 6. The van der Waals surface area contributed by atoms with E-state index in [1.165, 1.54) is 17.8 Å². The van der Waals surface area contributed by atoms with E-state index in [1.54, 1.807) is 12.1 Å². The number of carbonyl (C=O) groups is 1. The summed E-state index contributed by atoms with van der Waals surface area (Å²) in [5, 5.41) is 10.5. The molecule has 0 spiro atoms. The largest absolute Gasteiger partial charge is 0.341 e. The summed E-state index contributed by atoms with van der Waals surface area (Å²) >= 11 is 12.3. The molecule has 0 bridgehead atoms. The van der Waals surface area contributed by atoms with Crippen molar-refractivity contribution in [3.05, 3.63) is 92.2 Å². The average molecular weight is 533 g/mol. The van der Waals surface area contributed by atoms with Gasteiger partial charge in [0, 0.05) is 18.1 Å². The first-order valence-corrected chi connectivity index (χ1v) is 12.6. The Bertz CT molecular complexity index is 1560. The minimum absolute atomic E-state index is 0.0304. The Morgan fingerprint density at radius 1 is 1.14 bits per heavy atom. The Morgan fingerprint density at radius 3 is 2.62 bits per heavy atom. The van der Waals surface area contributed by atoms with Crippen LogP contribution >= 0.6 is 23.2 Å². The maximum absolute atomic E-state index is 13.4. The fourth-order valence-corrected chi connectivity index (χ4v) is 4.97. The smallest absolute Gasteiger partial charge is 0.258 e. The minimum Gasteiger partial charge on any atom is -0.341 e. The number of aromatic nitrogens is 4. The zero-order chi connectivity index (χ0) is 25.9. The highest BCUT2D eigenvalue weighted by atomic mass is 35.5. The van der Waals surface area contributed by atoms with Crippen LogP contribution in [0.15, 0.2) is 59.5 Å². The fraction of sp³-hybridized carbons (Fsp3) is 0.259. The second-order valence-electron chi connectivity index (χ2n) is 9.03. The SMILES string of the molecule is N#CC(C(=O)c1nc(N2CCC(Cc3ccccc3)CC2)ncc1Cl)c1nc2ccc(Cl)cc2c(=O)[nH]1. The Hall–Kier alpha value is -3.80. The number of hydrogen-bond acceptors (Lipinski definition) is 7. The molecule has 1 unspecified atom stereocenters. The van der Waals surface area contributed by atoms with Gasteiger partial charge in [-0.25, -0.2) is 15.0 Å². The van der Waals surface area contributed by atoms with Gasteiger partial charge in [0.05, 0.1) is 28.2 Å². The van der Waals surface area contributed by atoms with Crippen LogP contribution in [0.5, 0.6) is 0 Å². The predicted molar refractivity (Wildman–Crippen MR) is 142 cm³/mol. The van der Waals surface area contributed by atoms with Gasteiger partial charge in [-0.15, -0.1) is 0 Å². The quantitative estimate of drug-likeness (QED) is 0.348. The Kier molecular flexibility index (Phi) is 7.17. The van der Waals surface area contributed by atoms with Crippen LogP contribution in [0.1, 0.15) is 40.6 Å². The first kappa shape index (κ1) is 24.9. The zero-order valence-electron chi connectivity index (χ0n) is 19.7. The predicted octanol–water partition coefficient (Wildman–Crippen LogP) is 4.97. The normalized spacial score (nSPS) is 14.9. The average Bonchev–Trinajstić information content (AvgIpc) is 2.91. The van der Waals surface area contributed by atoms with Crippen LogP contribution in [0, 0.1) is 17.2 Å². The maximum Gasteiger partial charge on any atom is 0.258 e. The molecule has 1 fully saturated rings. The van der Waals surface area contributed by atoms with Gasteiger partial charge in [0.25, 0.3) is 5.56 Å². The molecule has 10 heteroatoms. The molecule has 3 heterocycles. The number of aromatic amines is 1. The molecule has 0 saturated carbocycles. The monoisotopic (exact) mass is 532 g/mol. The lowest BCUT2D eigenvalue weighted by atomic mass is 9.90. The van der Waals surface area contributed by atoms with E-state index in [0.717, 1.165) is 32.4 Å². The van der Waals surface area contributed by atoms with Crippen molar-refractivity contribution >= 4 is 45.8 Å². The van der Waals surface area contributed by atoms with Crippen molar-refractivity contribution in [2.75, 3.05) is 18.0 Å². The van der Waals surface area contributed by atoms with E-state index in [-0.39, 0.29) is 21.9 Å². The molecule has 1 N–H and O–H groups in total. The number of nitriles is 1. The third kappa shape index (κ3) is 5.33. The second-order valence-corrected chi connectivity index (χ2v) is 9.87. The number of nitrogens with zero attached hydrogens (tertiary/aromatic N) is 5. The summed E-state index contributed by atoms with van der Waals surface area (Å²) in [7, 11) is 0. The molecule has 8 nitrogen and oxygen atoms in total. The molecule has 1 atom stereocenters. The lowest BCUT2D eigenvalue weighted by Crippen LogP contribution is -2.35. The van der Waals surface area contributed by atoms with Crippen molar-refractivity contribution in [3.63, 3.8) is 0 Å². The summed E-state index contributed by atoms with van der Waals surface area (Å²) < 4.78 is 0. The molecule has 37 heavy (non-hydrogen) atoms. The molecular formula is C27H22Cl2N6O2. The Balaban J connectivity index is 1.36. The van der Waals surface area contributed by atoms with Crippen LogP contribution < -0.4 is 10.5 Å². The number of ketones is 1. The van der Waals surface area contributed by atoms with Crippen LogP contribution in [0.3, 0.4) is 0 Å². The van der Waals surface area contributed by atoms with Gasteiger partial charge < -0.3 is 9.88 Å². The third-order valence-electron chi connectivity index (χ3n) is 6.58. The molecule has 1 aliphatic rings. The van der Waals surface area contributed by atoms with Gasteiger partial charge in [0.15, 0.2) is 5.92 Å². The molecule has 2 aromatic carbocycles. The first-order valence-electron chi connectivity index (χ1n) is 11.9. The second kappa shape index (κ2) is 10.7. The maximum atomic E-state index is 13.4. The fourth-order valence-electron chi connectivity index (χ4n) is 4.61. The van der Waals surface area contributed by atoms with Crippen molar-refractivity contribution < 1.29 is 4.79 Å². The summed E-state index contributed by atoms with van der Waals surface area (Å²) in [5.74, 6) is -1.19. The molecule has 4 aromatic rings. The number of piperidine rings is 1. The minimum atomic E-state index is -1.40. The van der Waals surface area contributed by atoms with E-state index in [1.807, 2.05) is 17.0 Å². The highest BCUT2D eigenvalue weighted by molar-refractivity contribution is 6.33. The van der Waals surface area contributed by atoms with E-state index in [9.17, 15) is 14.9 Å². The van der Waals surface area contributed by atoms with Gasteiger partial charge in [-0.3, -0.25) is 9.59 Å². The van der Waals surface area contributed by atoms with Gasteiger partial charge in [0.1, 0.15) is 11.5 Å². The molecule has 1 aliphatic heterocycles. The van der Waals surface area contributed by atoms with Crippen molar-refractivity contribution in [2.45, 2.75) is 25.2 Å².